The summed E-state index contributed by atoms with van der Waals surface area (Å²) < 4.78 is 67.6. The lowest BCUT2D eigenvalue weighted by atomic mass is 10.2. The quantitative estimate of drug-likeness (QED) is 0.802. The molecular formula is C12H17F3N2O3S. The summed E-state index contributed by atoms with van der Waals surface area (Å²) in [6.45, 7) is 2.38. The van der Waals surface area contributed by atoms with E-state index in [9.17, 15) is 21.6 Å². The molecule has 1 aromatic rings. The van der Waals surface area contributed by atoms with E-state index in [1.54, 1.807) is 6.92 Å². The van der Waals surface area contributed by atoms with Gasteiger partial charge in [0.1, 0.15) is 10.6 Å². The molecule has 9 heteroatoms. The van der Waals surface area contributed by atoms with E-state index < -0.39 is 21.9 Å². The van der Waals surface area contributed by atoms with E-state index in [2.05, 4.69) is 4.98 Å². The largest absolute Gasteiger partial charge is 0.433 e. The molecule has 0 unspecified atom stereocenters. The molecule has 1 atom stereocenters. The van der Waals surface area contributed by atoms with Gasteiger partial charge in [-0.3, -0.25) is 4.98 Å². The Morgan fingerprint density at radius 1 is 1.38 bits per heavy atom. The first kappa shape index (κ1) is 17.9. The number of aromatic nitrogens is 1. The van der Waals surface area contributed by atoms with E-state index >= 15 is 0 Å². The van der Waals surface area contributed by atoms with Gasteiger partial charge in [-0.05, 0) is 18.1 Å². The van der Waals surface area contributed by atoms with E-state index in [-0.39, 0.29) is 17.4 Å². The van der Waals surface area contributed by atoms with Crippen molar-refractivity contribution in [3.8, 4) is 0 Å². The molecule has 0 aliphatic carbocycles. The van der Waals surface area contributed by atoms with Crippen LogP contribution in [0.1, 0.15) is 12.6 Å². The van der Waals surface area contributed by atoms with Gasteiger partial charge < -0.3 is 4.74 Å². The SMILES string of the molecule is COC[C@H](C)CN(C)S(=O)(=O)c1ccc(C(F)(F)F)nc1. The fourth-order valence-corrected chi connectivity index (χ4v) is 2.99. The molecule has 1 rings (SSSR count). The van der Waals surface area contributed by atoms with Crippen molar-refractivity contribution in [2.75, 3.05) is 27.3 Å². The minimum atomic E-state index is -4.60. The molecule has 0 radical (unpaired) electrons. The van der Waals surface area contributed by atoms with Crippen LogP contribution in [0.5, 0.6) is 0 Å². The molecule has 5 nitrogen and oxygen atoms in total. The summed E-state index contributed by atoms with van der Waals surface area (Å²) in [5.41, 5.74) is -1.13. The molecule has 0 saturated carbocycles. The number of nitrogens with zero attached hydrogens (tertiary/aromatic N) is 2. The number of pyridine rings is 1. The van der Waals surface area contributed by atoms with E-state index in [0.29, 0.717) is 12.7 Å². The van der Waals surface area contributed by atoms with Crippen molar-refractivity contribution in [2.24, 2.45) is 5.92 Å². The van der Waals surface area contributed by atoms with Crippen LogP contribution in [-0.4, -0.2) is 45.0 Å². The highest BCUT2D eigenvalue weighted by atomic mass is 32.2. The third-order valence-electron chi connectivity index (χ3n) is 2.75. The summed E-state index contributed by atoms with van der Waals surface area (Å²) >= 11 is 0. The smallest absolute Gasteiger partial charge is 0.384 e. The Bertz CT molecular complexity index is 558. The van der Waals surface area contributed by atoms with Crippen LogP contribution in [0.2, 0.25) is 0 Å². The second-order valence-corrected chi connectivity index (χ2v) is 6.77. The monoisotopic (exact) mass is 326 g/mol. The number of hydrogen-bond donors (Lipinski definition) is 0. The molecular weight excluding hydrogens is 309 g/mol. The van der Waals surface area contributed by atoms with Crippen molar-refractivity contribution in [2.45, 2.75) is 18.0 Å². The van der Waals surface area contributed by atoms with Crippen LogP contribution in [-0.2, 0) is 20.9 Å². The summed E-state index contributed by atoms with van der Waals surface area (Å²) in [5.74, 6) is -0.0443. The summed E-state index contributed by atoms with van der Waals surface area (Å²) in [5, 5.41) is 0. The fourth-order valence-electron chi connectivity index (χ4n) is 1.75. The molecule has 0 aliphatic heterocycles. The molecule has 0 amide bonds. The lowest BCUT2D eigenvalue weighted by Gasteiger charge is -2.20. The zero-order chi connectivity index (χ0) is 16.3. The van der Waals surface area contributed by atoms with Crippen LogP contribution in [0, 0.1) is 5.92 Å². The molecule has 1 heterocycles. The number of ether oxygens (including phenoxy) is 1. The highest BCUT2D eigenvalue weighted by molar-refractivity contribution is 7.89. The van der Waals surface area contributed by atoms with Crippen molar-refractivity contribution < 1.29 is 26.3 Å². The van der Waals surface area contributed by atoms with Gasteiger partial charge in [-0.2, -0.15) is 13.2 Å². The van der Waals surface area contributed by atoms with Gasteiger partial charge in [0.15, 0.2) is 0 Å². The Morgan fingerprint density at radius 2 is 2.00 bits per heavy atom. The Balaban J connectivity index is 2.92. The molecule has 1 aromatic heterocycles. The number of alkyl halides is 3. The molecule has 0 N–H and O–H groups in total. The van der Waals surface area contributed by atoms with Gasteiger partial charge in [0, 0.05) is 33.5 Å². The van der Waals surface area contributed by atoms with Crippen LogP contribution in [0.25, 0.3) is 0 Å². The van der Waals surface area contributed by atoms with Gasteiger partial charge in [-0.25, -0.2) is 12.7 Å². The van der Waals surface area contributed by atoms with E-state index in [1.807, 2.05) is 0 Å². The molecule has 120 valence electrons. The van der Waals surface area contributed by atoms with Crippen molar-refractivity contribution in [1.29, 1.82) is 0 Å². The summed E-state index contributed by atoms with van der Waals surface area (Å²) in [6, 6.07) is 1.56. The molecule has 0 spiro atoms. The number of methoxy groups -OCH3 is 1. The lowest BCUT2D eigenvalue weighted by molar-refractivity contribution is -0.141. The number of halogens is 3. The van der Waals surface area contributed by atoms with Gasteiger partial charge >= 0.3 is 6.18 Å². The fraction of sp³-hybridized carbons (Fsp3) is 0.583. The molecule has 21 heavy (non-hydrogen) atoms. The maximum Gasteiger partial charge on any atom is 0.433 e. The third kappa shape index (κ3) is 4.65. The first-order chi connectivity index (χ1) is 9.59. The normalized spacial score (nSPS) is 14.4. The number of sulfonamides is 1. The molecule has 0 bridgehead atoms. The average Bonchev–Trinajstić information content (AvgIpc) is 2.38. The van der Waals surface area contributed by atoms with Crippen LogP contribution in [0.15, 0.2) is 23.2 Å². The molecule has 0 aliphatic rings. The molecule has 0 aromatic carbocycles. The van der Waals surface area contributed by atoms with Gasteiger partial charge in [0.2, 0.25) is 10.0 Å². The number of hydrogen-bond acceptors (Lipinski definition) is 4. The third-order valence-corrected chi connectivity index (χ3v) is 4.56. The number of rotatable bonds is 6. The van der Waals surface area contributed by atoms with Gasteiger partial charge in [0.25, 0.3) is 0 Å². The highest BCUT2D eigenvalue weighted by Gasteiger charge is 2.33. The maximum absolute atomic E-state index is 12.4. The van der Waals surface area contributed by atoms with Gasteiger partial charge in [-0.1, -0.05) is 6.92 Å². The van der Waals surface area contributed by atoms with E-state index in [4.69, 9.17) is 4.74 Å². The second-order valence-electron chi connectivity index (χ2n) is 4.72. The predicted molar refractivity (Wildman–Crippen MR) is 70.1 cm³/mol. The zero-order valence-electron chi connectivity index (χ0n) is 11.9. The highest BCUT2D eigenvalue weighted by Crippen LogP contribution is 2.28. The Labute approximate surface area is 121 Å². The predicted octanol–water partition coefficient (Wildman–Crippen LogP) is 2.00. The van der Waals surface area contributed by atoms with Gasteiger partial charge in [-0.15, -0.1) is 0 Å². The summed E-state index contributed by atoms with van der Waals surface area (Å²) in [6.07, 6.45) is -3.88. The Morgan fingerprint density at radius 3 is 2.43 bits per heavy atom. The van der Waals surface area contributed by atoms with E-state index in [0.717, 1.165) is 16.6 Å². The van der Waals surface area contributed by atoms with Crippen LogP contribution in [0.3, 0.4) is 0 Å². The summed E-state index contributed by atoms with van der Waals surface area (Å²) in [7, 11) is -1.00. The van der Waals surface area contributed by atoms with Gasteiger partial charge in [0.05, 0.1) is 0 Å². The molecule has 0 fully saturated rings. The van der Waals surface area contributed by atoms with E-state index in [1.165, 1.54) is 14.2 Å². The summed E-state index contributed by atoms with van der Waals surface area (Å²) in [4.78, 5) is 2.88. The second kappa shape index (κ2) is 6.71. The first-order valence-corrected chi connectivity index (χ1v) is 7.51. The maximum atomic E-state index is 12.4. The minimum absolute atomic E-state index is 0.0443. The standard InChI is InChI=1S/C12H17F3N2O3S/c1-9(8-20-3)7-17(2)21(18,19)10-4-5-11(16-6-10)12(13,14)15/h4-6,9H,7-8H2,1-3H3/t9-/m1/s1. The van der Waals surface area contributed by atoms with Crippen LogP contribution in [0.4, 0.5) is 13.2 Å². The Kier molecular flexibility index (Phi) is 5.71. The van der Waals surface area contributed by atoms with Crippen molar-refractivity contribution in [1.82, 2.24) is 9.29 Å². The minimum Gasteiger partial charge on any atom is -0.384 e. The zero-order valence-corrected chi connectivity index (χ0v) is 12.7. The topological polar surface area (TPSA) is 59.5 Å². The average molecular weight is 326 g/mol. The van der Waals surface area contributed by atoms with Crippen molar-refractivity contribution in [3.63, 3.8) is 0 Å². The van der Waals surface area contributed by atoms with Crippen molar-refractivity contribution in [3.05, 3.63) is 24.0 Å². The Hall–Kier alpha value is -1.19. The molecule has 0 saturated heterocycles. The van der Waals surface area contributed by atoms with Crippen LogP contribution < -0.4 is 0 Å². The first-order valence-electron chi connectivity index (χ1n) is 6.07. The van der Waals surface area contributed by atoms with Crippen molar-refractivity contribution >= 4 is 10.0 Å². The van der Waals surface area contributed by atoms with Crippen LogP contribution >= 0.6 is 0 Å². The lowest BCUT2D eigenvalue weighted by Crippen LogP contribution is -2.32.